The highest BCUT2D eigenvalue weighted by Crippen LogP contribution is 2.14. The first-order valence-corrected chi connectivity index (χ1v) is 5.87. The van der Waals surface area contributed by atoms with Crippen molar-refractivity contribution in [3.05, 3.63) is 24.3 Å². The fraction of sp³-hybridized carbons (Fsp3) is 0.357. The van der Waals surface area contributed by atoms with Crippen LogP contribution in [0.4, 0.5) is 5.69 Å². The summed E-state index contributed by atoms with van der Waals surface area (Å²) >= 11 is 0. The molecule has 2 N–H and O–H groups in total. The van der Waals surface area contributed by atoms with E-state index in [1.807, 2.05) is 6.92 Å². The van der Waals surface area contributed by atoms with Gasteiger partial charge in [0.05, 0.1) is 6.54 Å². The molecule has 0 aliphatic heterocycles. The highest BCUT2D eigenvalue weighted by atomic mass is 16.5. The molecule has 0 unspecified atom stereocenters. The van der Waals surface area contributed by atoms with E-state index in [2.05, 4.69) is 5.92 Å². The van der Waals surface area contributed by atoms with Gasteiger partial charge in [0.15, 0.2) is 6.61 Å². The van der Waals surface area contributed by atoms with Gasteiger partial charge in [-0.15, -0.1) is 6.42 Å². The molecule has 4 nitrogen and oxygen atoms in total. The summed E-state index contributed by atoms with van der Waals surface area (Å²) in [6.45, 7) is 2.93. The van der Waals surface area contributed by atoms with Crippen LogP contribution < -0.4 is 10.5 Å². The van der Waals surface area contributed by atoms with Crippen LogP contribution in [0, 0.1) is 12.3 Å². The van der Waals surface area contributed by atoms with Crippen molar-refractivity contribution in [2.45, 2.75) is 13.3 Å². The number of hydrogen-bond acceptors (Lipinski definition) is 3. The number of benzene rings is 1. The minimum atomic E-state index is -0.114. The largest absolute Gasteiger partial charge is 0.484 e. The van der Waals surface area contributed by atoms with Crippen molar-refractivity contribution in [3.63, 3.8) is 0 Å². The molecule has 1 rings (SSSR count). The first-order valence-electron chi connectivity index (χ1n) is 5.87. The van der Waals surface area contributed by atoms with Gasteiger partial charge in [-0.3, -0.25) is 4.79 Å². The molecule has 0 spiro atoms. The van der Waals surface area contributed by atoms with Gasteiger partial charge in [-0.1, -0.05) is 18.9 Å². The van der Waals surface area contributed by atoms with E-state index in [4.69, 9.17) is 16.9 Å². The van der Waals surface area contributed by atoms with Crippen molar-refractivity contribution in [1.82, 2.24) is 4.90 Å². The SMILES string of the molecule is C#CCN(CCC)C(=O)COc1cccc(N)c1. The molecule has 1 aromatic rings. The molecular formula is C14H18N2O2. The maximum Gasteiger partial charge on any atom is 0.261 e. The molecule has 0 bridgehead atoms. The summed E-state index contributed by atoms with van der Waals surface area (Å²) in [4.78, 5) is 13.5. The second-order valence-electron chi connectivity index (χ2n) is 3.88. The van der Waals surface area contributed by atoms with E-state index in [1.54, 1.807) is 29.2 Å². The second kappa shape index (κ2) is 7.23. The number of nitrogens with zero attached hydrogens (tertiary/aromatic N) is 1. The third-order valence-electron chi connectivity index (χ3n) is 2.35. The van der Waals surface area contributed by atoms with Gasteiger partial charge < -0.3 is 15.4 Å². The number of anilines is 1. The van der Waals surface area contributed by atoms with Gasteiger partial charge in [0, 0.05) is 18.3 Å². The first-order chi connectivity index (χ1) is 8.67. The van der Waals surface area contributed by atoms with Gasteiger partial charge in [-0.25, -0.2) is 0 Å². The Morgan fingerprint density at radius 3 is 2.94 bits per heavy atom. The van der Waals surface area contributed by atoms with E-state index in [1.165, 1.54) is 0 Å². The van der Waals surface area contributed by atoms with Crippen molar-refractivity contribution >= 4 is 11.6 Å². The number of carbonyl (C=O) groups is 1. The summed E-state index contributed by atoms with van der Waals surface area (Å²) < 4.78 is 5.38. The Balaban J connectivity index is 2.51. The maximum atomic E-state index is 11.9. The fourth-order valence-electron chi connectivity index (χ4n) is 1.51. The van der Waals surface area contributed by atoms with Crippen molar-refractivity contribution in [2.75, 3.05) is 25.4 Å². The summed E-state index contributed by atoms with van der Waals surface area (Å²) in [6, 6.07) is 6.98. The monoisotopic (exact) mass is 246 g/mol. The summed E-state index contributed by atoms with van der Waals surface area (Å²) in [5.41, 5.74) is 6.22. The van der Waals surface area contributed by atoms with Crippen LogP contribution in [-0.2, 0) is 4.79 Å². The zero-order valence-electron chi connectivity index (χ0n) is 10.6. The van der Waals surface area contributed by atoms with Gasteiger partial charge >= 0.3 is 0 Å². The molecule has 0 atom stereocenters. The zero-order valence-corrected chi connectivity index (χ0v) is 10.6. The van der Waals surface area contributed by atoms with Gasteiger partial charge in [0.2, 0.25) is 0 Å². The van der Waals surface area contributed by atoms with Crippen molar-refractivity contribution < 1.29 is 9.53 Å². The average molecular weight is 246 g/mol. The van der Waals surface area contributed by atoms with Gasteiger partial charge in [0.1, 0.15) is 5.75 Å². The molecule has 0 aromatic heterocycles. The Morgan fingerprint density at radius 2 is 2.33 bits per heavy atom. The molecule has 0 fully saturated rings. The highest BCUT2D eigenvalue weighted by molar-refractivity contribution is 5.78. The number of carbonyl (C=O) groups excluding carboxylic acids is 1. The van der Waals surface area contributed by atoms with E-state index >= 15 is 0 Å². The van der Waals surface area contributed by atoms with E-state index in [0.717, 1.165) is 6.42 Å². The van der Waals surface area contributed by atoms with E-state index in [-0.39, 0.29) is 12.5 Å². The number of nitrogen functional groups attached to an aromatic ring is 1. The molecule has 1 aromatic carbocycles. The topological polar surface area (TPSA) is 55.6 Å². The molecule has 0 aliphatic rings. The van der Waals surface area contributed by atoms with Crippen molar-refractivity contribution in [1.29, 1.82) is 0 Å². The molecule has 0 saturated carbocycles. The second-order valence-corrected chi connectivity index (χ2v) is 3.88. The molecule has 0 aliphatic carbocycles. The molecule has 0 radical (unpaired) electrons. The number of amides is 1. The third kappa shape index (κ3) is 4.38. The molecule has 18 heavy (non-hydrogen) atoms. The summed E-state index contributed by atoms with van der Waals surface area (Å²) in [7, 11) is 0. The smallest absolute Gasteiger partial charge is 0.261 e. The molecule has 0 saturated heterocycles. The number of hydrogen-bond donors (Lipinski definition) is 1. The van der Waals surface area contributed by atoms with Gasteiger partial charge in [0.25, 0.3) is 5.91 Å². The van der Waals surface area contributed by atoms with Gasteiger partial charge in [-0.2, -0.15) is 0 Å². The summed E-state index contributed by atoms with van der Waals surface area (Å²) in [6.07, 6.45) is 6.09. The van der Waals surface area contributed by atoms with Crippen LogP contribution in [0.15, 0.2) is 24.3 Å². The predicted octanol–water partition coefficient (Wildman–Crippen LogP) is 1.52. The van der Waals surface area contributed by atoms with Gasteiger partial charge in [-0.05, 0) is 18.6 Å². The van der Waals surface area contributed by atoms with Crippen molar-refractivity contribution in [3.8, 4) is 18.1 Å². The van der Waals surface area contributed by atoms with Crippen LogP contribution in [0.2, 0.25) is 0 Å². The van der Waals surface area contributed by atoms with E-state index in [9.17, 15) is 4.79 Å². The van der Waals surface area contributed by atoms with Crippen LogP contribution >= 0.6 is 0 Å². The lowest BCUT2D eigenvalue weighted by molar-refractivity contribution is -0.132. The molecular weight excluding hydrogens is 228 g/mol. The Hall–Kier alpha value is -2.15. The number of terminal acetylenes is 1. The summed E-state index contributed by atoms with van der Waals surface area (Å²) in [5, 5.41) is 0. The molecule has 96 valence electrons. The molecule has 0 heterocycles. The standard InChI is InChI=1S/C14H18N2O2/c1-3-8-16(9-4-2)14(17)11-18-13-7-5-6-12(15)10-13/h1,5-7,10H,4,8-9,11,15H2,2H3. The fourth-order valence-corrected chi connectivity index (χ4v) is 1.51. The number of nitrogens with two attached hydrogens (primary N) is 1. The Labute approximate surface area is 108 Å². The van der Waals surface area contributed by atoms with Crippen LogP contribution in [0.3, 0.4) is 0 Å². The Morgan fingerprint density at radius 1 is 1.56 bits per heavy atom. The Kier molecular flexibility index (Phi) is 5.59. The lowest BCUT2D eigenvalue weighted by Crippen LogP contribution is -2.35. The normalized spacial score (nSPS) is 9.56. The third-order valence-corrected chi connectivity index (χ3v) is 2.35. The number of ether oxygens (including phenoxy) is 1. The van der Waals surface area contributed by atoms with Crippen LogP contribution in [0.5, 0.6) is 5.75 Å². The minimum Gasteiger partial charge on any atom is -0.484 e. The highest BCUT2D eigenvalue weighted by Gasteiger charge is 2.11. The quantitative estimate of drug-likeness (QED) is 0.611. The minimum absolute atomic E-state index is 0.0227. The lowest BCUT2D eigenvalue weighted by atomic mass is 10.3. The van der Waals surface area contributed by atoms with Crippen LogP contribution in [0.25, 0.3) is 0 Å². The average Bonchev–Trinajstić information content (AvgIpc) is 2.36. The zero-order chi connectivity index (χ0) is 13.4. The maximum absolute atomic E-state index is 11.9. The summed E-state index contributed by atoms with van der Waals surface area (Å²) in [5.74, 6) is 2.94. The van der Waals surface area contributed by atoms with Crippen LogP contribution in [0.1, 0.15) is 13.3 Å². The van der Waals surface area contributed by atoms with Crippen LogP contribution in [-0.4, -0.2) is 30.5 Å². The van der Waals surface area contributed by atoms with E-state index < -0.39 is 0 Å². The van der Waals surface area contributed by atoms with Crippen molar-refractivity contribution in [2.24, 2.45) is 0 Å². The predicted molar refractivity (Wildman–Crippen MR) is 72.1 cm³/mol. The number of rotatable bonds is 6. The molecule has 4 heteroatoms. The molecule has 1 amide bonds. The van der Waals surface area contributed by atoms with E-state index in [0.29, 0.717) is 24.5 Å². The first kappa shape index (κ1) is 13.9. The Bertz CT molecular complexity index is 438. The lowest BCUT2D eigenvalue weighted by Gasteiger charge is -2.19.